The first-order valence-corrected chi connectivity index (χ1v) is 7.61. The number of H-pyrrole nitrogens is 1. The van der Waals surface area contributed by atoms with Crippen LogP contribution in [0, 0.1) is 0 Å². The molecule has 0 aliphatic carbocycles. The summed E-state index contributed by atoms with van der Waals surface area (Å²) in [5, 5.41) is 13.5. The van der Waals surface area contributed by atoms with E-state index in [-0.39, 0.29) is 5.91 Å². The van der Waals surface area contributed by atoms with E-state index < -0.39 is 0 Å². The number of nitrogens with one attached hydrogen (secondary N) is 2. The number of benzene rings is 2. The fraction of sp³-hybridized carbons (Fsp3) is 0.235. The van der Waals surface area contributed by atoms with Gasteiger partial charge in [0.1, 0.15) is 11.0 Å². The summed E-state index contributed by atoms with van der Waals surface area (Å²) in [7, 11) is 2.11. The molecule has 0 saturated heterocycles. The maximum Gasteiger partial charge on any atom is 0.255 e. The van der Waals surface area contributed by atoms with Gasteiger partial charge in [-0.05, 0) is 54.9 Å². The zero-order valence-electron chi connectivity index (χ0n) is 12.8. The monoisotopic (exact) mass is 307 g/mol. The van der Waals surface area contributed by atoms with E-state index >= 15 is 0 Å². The van der Waals surface area contributed by atoms with Crippen LogP contribution in [0.1, 0.15) is 21.5 Å². The number of rotatable bonds is 2. The van der Waals surface area contributed by atoms with E-state index in [1.54, 1.807) is 18.2 Å². The summed E-state index contributed by atoms with van der Waals surface area (Å²) in [6.07, 6.45) is 1.06. The van der Waals surface area contributed by atoms with E-state index in [1.807, 2.05) is 6.07 Å². The van der Waals surface area contributed by atoms with Crippen molar-refractivity contribution in [2.75, 3.05) is 18.9 Å². The zero-order valence-corrected chi connectivity index (χ0v) is 12.8. The lowest BCUT2D eigenvalue weighted by Crippen LogP contribution is -2.26. The molecule has 0 spiro atoms. The van der Waals surface area contributed by atoms with Gasteiger partial charge < -0.3 is 10.2 Å². The van der Waals surface area contributed by atoms with Gasteiger partial charge in [-0.3, -0.25) is 4.79 Å². The Kier molecular flexibility index (Phi) is 3.31. The molecular weight excluding hydrogens is 290 g/mol. The molecule has 0 fully saturated rings. The van der Waals surface area contributed by atoms with Gasteiger partial charge in [0.2, 0.25) is 0 Å². The minimum Gasteiger partial charge on any atom is -0.322 e. The van der Waals surface area contributed by atoms with Gasteiger partial charge in [-0.25, -0.2) is 0 Å². The van der Waals surface area contributed by atoms with E-state index in [1.165, 1.54) is 11.1 Å². The number of aromatic nitrogens is 3. The number of nitrogens with zero attached hydrogens (tertiary/aromatic N) is 3. The molecule has 0 radical (unpaired) electrons. The summed E-state index contributed by atoms with van der Waals surface area (Å²) in [6.45, 7) is 2.00. The van der Waals surface area contributed by atoms with Crippen LogP contribution in [0.3, 0.4) is 0 Å². The number of aromatic amines is 1. The highest BCUT2D eigenvalue weighted by Crippen LogP contribution is 2.22. The molecule has 3 aromatic rings. The predicted molar refractivity (Wildman–Crippen MR) is 88.3 cm³/mol. The summed E-state index contributed by atoms with van der Waals surface area (Å²) in [4.78, 5) is 14.7. The minimum atomic E-state index is -0.140. The number of carbonyl (C=O) groups excluding carboxylic acids is 1. The molecule has 6 heteroatoms. The minimum absolute atomic E-state index is 0.140. The van der Waals surface area contributed by atoms with Gasteiger partial charge in [0.05, 0.1) is 0 Å². The Labute approximate surface area is 133 Å². The number of anilines is 1. The average molecular weight is 307 g/mol. The van der Waals surface area contributed by atoms with Crippen molar-refractivity contribution in [1.82, 2.24) is 20.3 Å². The van der Waals surface area contributed by atoms with Gasteiger partial charge in [0.15, 0.2) is 0 Å². The number of amides is 1. The largest absolute Gasteiger partial charge is 0.322 e. The van der Waals surface area contributed by atoms with Gasteiger partial charge >= 0.3 is 0 Å². The normalized spacial score (nSPS) is 14.7. The van der Waals surface area contributed by atoms with Crippen LogP contribution >= 0.6 is 0 Å². The molecule has 6 nitrogen and oxygen atoms in total. The van der Waals surface area contributed by atoms with Gasteiger partial charge in [-0.1, -0.05) is 6.07 Å². The standard InChI is InChI=1S/C17H17N5O/c1-22-7-6-11-2-4-14(8-13(11)10-22)18-17(23)12-3-5-15-16(9-12)20-21-19-15/h2-5,8-9H,6-7,10H2,1H3,(H,18,23)(H,19,20,21). The van der Waals surface area contributed by atoms with Crippen LogP contribution < -0.4 is 5.32 Å². The third-order valence-electron chi connectivity index (χ3n) is 4.25. The van der Waals surface area contributed by atoms with Crippen molar-refractivity contribution in [3.05, 3.63) is 53.1 Å². The maximum absolute atomic E-state index is 12.4. The maximum atomic E-state index is 12.4. The highest BCUT2D eigenvalue weighted by Gasteiger charge is 2.14. The Morgan fingerprint density at radius 1 is 1.13 bits per heavy atom. The Bertz CT molecular complexity index is 886. The van der Waals surface area contributed by atoms with Crippen molar-refractivity contribution in [1.29, 1.82) is 0 Å². The number of carbonyl (C=O) groups is 1. The van der Waals surface area contributed by atoms with Crippen LogP contribution in [0.25, 0.3) is 11.0 Å². The van der Waals surface area contributed by atoms with Gasteiger partial charge in [0, 0.05) is 24.3 Å². The van der Waals surface area contributed by atoms with Crippen molar-refractivity contribution in [3.8, 4) is 0 Å². The number of likely N-dealkylation sites (N-methyl/N-ethyl adjacent to an activating group) is 1. The van der Waals surface area contributed by atoms with E-state index in [9.17, 15) is 4.79 Å². The number of hydrogen-bond donors (Lipinski definition) is 2. The Balaban J connectivity index is 1.57. The highest BCUT2D eigenvalue weighted by atomic mass is 16.1. The van der Waals surface area contributed by atoms with E-state index in [4.69, 9.17) is 0 Å². The van der Waals surface area contributed by atoms with Gasteiger partial charge in [0.25, 0.3) is 5.91 Å². The molecule has 1 aliphatic heterocycles. The summed E-state index contributed by atoms with van der Waals surface area (Å²) in [5.74, 6) is -0.140. The second-order valence-corrected chi connectivity index (χ2v) is 5.95. The SMILES string of the molecule is CN1CCc2ccc(NC(=O)c3ccc4n[nH]nc4c3)cc2C1. The van der Waals surface area contributed by atoms with Crippen molar-refractivity contribution in [2.24, 2.45) is 0 Å². The lowest BCUT2D eigenvalue weighted by atomic mass is 9.99. The van der Waals surface area contributed by atoms with Crippen LogP contribution in [-0.2, 0) is 13.0 Å². The third kappa shape index (κ3) is 2.68. The van der Waals surface area contributed by atoms with Gasteiger partial charge in [-0.15, -0.1) is 0 Å². The lowest BCUT2D eigenvalue weighted by Gasteiger charge is -2.25. The zero-order chi connectivity index (χ0) is 15.8. The molecule has 0 atom stereocenters. The number of hydrogen-bond acceptors (Lipinski definition) is 4. The molecule has 1 aromatic heterocycles. The fourth-order valence-corrected chi connectivity index (χ4v) is 2.96. The molecule has 1 amide bonds. The smallest absolute Gasteiger partial charge is 0.255 e. The first kappa shape index (κ1) is 13.9. The highest BCUT2D eigenvalue weighted by molar-refractivity contribution is 6.05. The molecule has 4 rings (SSSR count). The Morgan fingerprint density at radius 3 is 2.91 bits per heavy atom. The Morgan fingerprint density at radius 2 is 2.00 bits per heavy atom. The molecule has 2 heterocycles. The van der Waals surface area contributed by atoms with E-state index in [2.05, 4.69) is 44.8 Å². The second-order valence-electron chi connectivity index (χ2n) is 5.95. The van der Waals surface area contributed by atoms with Crippen LogP contribution in [0.2, 0.25) is 0 Å². The Hall–Kier alpha value is -2.73. The van der Waals surface area contributed by atoms with E-state index in [0.717, 1.165) is 30.7 Å². The second kappa shape index (κ2) is 5.48. The lowest BCUT2D eigenvalue weighted by molar-refractivity contribution is 0.102. The topological polar surface area (TPSA) is 73.9 Å². The molecule has 2 aromatic carbocycles. The first-order chi connectivity index (χ1) is 11.2. The summed E-state index contributed by atoms with van der Waals surface area (Å²) in [6, 6.07) is 11.4. The molecule has 0 unspecified atom stereocenters. The number of fused-ring (bicyclic) bond motifs is 2. The summed E-state index contributed by atoms with van der Waals surface area (Å²) in [5.41, 5.74) is 5.47. The molecular formula is C17H17N5O. The molecule has 116 valence electrons. The van der Waals surface area contributed by atoms with Gasteiger partial charge in [-0.2, -0.15) is 15.4 Å². The van der Waals surface area contributed by atoms with Crippen LogP contribution in [0.5, 0.6) is 0 Å². The molecule has 1 aliphatic rings. The van der Waals surface area contributed by atoms with Crippen LogP contribution in [0.15, 0.2) is 36.4 Å². The first-order valence-electron chi connectivity index (χ1n) is 7.61. The molecule has 0 bridgehead atoms. The quantitative estimate of drug-likeness (QED) is 0.761. The molecule has 2 N–H and O–H groups in total. The predicted octanol–water partition coefficient (Wildman–Crippen LogP) is 2.20. The van der Waals surface area contributed by atoms with Crippen molar-refractivity contribution in [3.63, 3.8) is 0 Å². The summed E-state index contributed by atoms with van der Waals surface area (Å²) < 4.78 is 0. The van der Waals surface area contributed by atoms with Crippen molar-refractivity contribution < 1.29 is 4.79 Å². The van der Waals surface area contributed by atoms with E-state index in [0.29, 0.717) is 11.1 Å². The third-order valence-corrected chi connectivity index (χ3v) is 4.25. The molecule has 23 heavy (non-hydrogen) atoms. The van der Waals surface area contributed by atoms with Crippen molar-refractivity contribution in [2.45, 2.75) is 13.0 Å². The fourth-order valence-electron chi connectivity index (χ4n) is 2.96. The molecule has 0 saturated carbocycles. The van der Waals surface area contributed by atoms with Crippen molar-refractivity contribution >= 4 is 22.6 Å². The average Bonchev–Trinajstić information content (AvgIpc) is 3.02. The summed E-state index contributed by atoms with van der Waals surface area (Å²) >= 11 is 0. The van der Waals surface area contributed by atoms with Crippen LogP contribution in [-0.4, -0.2) is 39.8 Å². The van der Waals surface area contributed by atoms with Crippen LogP contribution in [0.4, 0.5) is 5.69 Å².